The molecule has 47 heavy (non-hydrogen) atoms. The monoisotopic (exact) mass is 602 g/mol. The van der Waals surface area contributed by atoms with Crippen molar-refractivity contribution in [3.8, 4) is 22.3 Å². The molecule has 0 N–H and O–H groups in total. The first kappa shape index (κ1) is 29.6. The second-order valence-electron chi connectivity index (χ2n) is 11.9. The van der Waals surface area contributed by atoms with Crippen molar-refractivity contribution in [2.45, 2.75) is 6.42 Å². The number of Topliss-reactive ketones (excluding diaryl/α,β-unsaturated/α-hetero) is 1. The Balaban J connectivity index is 0.000000112. The van der Waals surface area contributed by atoms with Crippen LogP contribution in [0.2, 0.25) is 0 Å². The van der Waals surface area contributed by atoms with Crippen LogP contribution in [0.3, 0.4) is 0 Å². The molecule has 7 aromatic carbocycles. The molecular weight excluding hydrogens is 569 g/mol. The number of rotatable bonds is 0. The maximum atomic E-state index is 12.1. The van der Waals surface area contributed by atoms with Crippen LogP contribution in [-0.4, -0.2) is 5.78 Å². The van der Waals surface area contributed by atoms with Crippen LogP contribution in [0, 0.1) is 0 Å². The van der Waals surface area contributed by atoms with Gasteiger partial charge in [0.2, 0.25) is 0 Å². The Morgan fingerprint density at radius 1 is 0.362 bits per heavy atom. The molecule has 0 heterocycles. The highest BCUT2D eigenvalue weighted by Crippen LogP contribution is 2.39. The number of hydrogen-bond acceptors (Lipinski definition) is 1. The number of allylic oxidation sites excluding steroid dienone is 2. The molecule has 1 nitrogen and oxygen atoms in total. The Morgan fingerprint density at radius 3 is 1.28 bits per heavy atom. The molecule has 0 bridgehead atoms. The van der Waals surface area contributed by atoms with E-state index in [2.05, 4.69) is 111 Å². The highest BCUT2D eigenvalue weighted by molar-refractivity contribution is 6.33. The average Bonchev–Trinajstić information content (AvgIpc) is 3.13. The summed E-state index contributed by atoms with van der Waals surface area (Å²) >= 11 is 0. The van der Waals surface area contributed by atoms with Gasteiger partial charge in [-0.15, -0.1) is 0 Å². The molecular formula is C46H34O. The minimum absolute atomic E-state index is 0.0364. The number of benzene rings is 7. The molecule has 0 saturated heterocycles. The van der Waals surface area contributed by atoms with Crippen molar-refractivity contribution in [3.05, 3.63) is 191 Å². The number of fused-ring (bicyclic) bond motifs is 9. The van der Waals surface area contributed by atoms with Crippen LogP contribution in [0.5, 0.6) is 0 Å². The van der Waals surface area contributed by atoms with Crippen LogP contribution in [0.25, 0.3) is 68.1 Å². The van der Waals surface area contributed by atoms with E-state index in [4.69, 9.17) is 0 Å². The van der Waals surface area contributed by atoms with Crippen molar-refractivity contribution in [2.75, 3.05) is 0 Å². The fourth-order valence-electron chi connectivity index (χ4n) is 6.76. The largest absolute Gasteiger partial charge is 0.289 e. The second-order valence-corrected chi connectivity index (χ2v) is 11.9. The van der Waals surface area contributed by atoms with Crippen LogP contribution in [-0.2, 0) is 6.42 Å². The molecule has 0 aromatic heterocycles. The van der Waals surface area contributed by atoms with Crippen LogP contribution < -0.4 is 10.4 Å². The Kier molecular flexibility index (Phi) is 7.81. The zero-order chi connectivity index (χ0) is 32.5. The van der Waals surface area contributed by atoms with E-state index in [1.807, 2.05) is 60.7 Å². The van der Waals surface area contributed by atoms with Crippen LogP contribution in [0.4, 0.5) is 0 Å². The van der Waals surface area contributed by atoms with E-state index in [-0.39, 0.29) is 5.78 Å². The fourth-order valence-corrected chi connectivity index (χ4v) is 6.76. The van der Waals surface area contributed by atoms with Crippen molar-refractivity contribution < 1.29 is 4.79 Å². The normalized spacial score (nSPS) is 12.5. The number of hydrogen-bond donors (Lipinski definition) is 0. The quantitative estimate of drug-likeness (QED) is 0.125. The Hall–Kier alpha value is -6.05. The van der Waals surface area contributed by atoms with Crippen molar-refractivity contribution in [2.24, 2.45) is 0 Å². The van der Waals surface area contributed by atoms with Gasteiger partial charge in [-0.05, 0) is 82.9 Å². The minimum atomic E-state index is 0.0364. The third kappa shape index (κ3) is 5.32. The van der Waals surface area contributed by atoms with Gasteiger partial charge in [0.1, 0.15) is 0 Å². The molecule has 2 aliphatic carbocycles. The van der Waals surface area contributed by atoms with E-state index in [0.29, 0.717) is 5.57 Å². The maximum Gasteiger partial charge on any atom is 0.193 e. The topological polar surface area (TPSA) is 17.1 Å². The van der Waals surface area contributed by atoms with Gasteiger partial charge in [-0.3, -0.25) is 4.79 Å². The lowest BCUT2D eigenvalue weighted by atomic mass is 9.82. The van der Waals surface area contributed by atoms with Gasteiger partial charge in [-0.1, -0.05) is 172 Å². The fraction of sp³-hybridized carbons (Fsp3) is 0.0217. The first-order chi connectivity index (χ1) is 22.9. The molecule has 0 saturated carbocycles. The van der Waals surface area contributed by atoms with Gasteiger partial charge in [-0.2, -0.15) is 0 Å². The van der Waals surface area contributed by atoms with Gasteiger partial charge >= 0.3 is 0 Å². The summed E-state index contributed by atoms with van der Waals surface area (Å²) in [5.41, 5.74) is 11.0. The predicted octanol–water partition coefficient (Wildman–Crippen LogP) is 10.3. The summed E-state index contributed by atoms with van der Waals surface area (Å²) < 4.78 is 0. The van der Waals surface area contributed by atoms with Gasteiger partial charge in [0, 0.05) is 11.1 Å². The summed E-state index contributed by atoms with van der Waals surface area (Å²) in [4.78, 5) is 12.1. The van der Waals surface area contributed by atoms with Gasteiger partial charge in [0.15, 0.2) is 5.78 Å². The first-order valence-corrected chi connectivity index (χ1v) is 15.8. The lowest BCUT2D eigenvalue weighted by Gasteiger charge is -2.21. The molecule has 7 aromatic rings. The lowest BCUT2D eigenvalue weighted by Crippen LogP contribution is -2.23. The molecule has 0 atom stereocenters. The summed E-state index contributed by atoms with van der Waals surface area (Å²) in [6, 6.07) is 49.4. The van der Waals surface area contributed by atoms with Gasteiger partial charge in [0.25, 0.3) is 0 Å². The number of carbonyl (C=O) groups excluding carboxylic acids is 1. The summed E-state index contributed by atoms with van der Waals surface area (Å²) in [6.45, 7) is 16.3. The SMILES string of the molecule is C=C1C(=O)c2ccccc2-c2ccccc21.C=C1Cc2ccccc2-c2ccccc21.C=c1c(=C)c2ccccc2c2ccccc12. The molecule has 0 aliphatic heterocycles. The van der Waals surface area contributed by atoms with Crippen LogP contribution in [0.15, 0.2) is 159 Å². The molecule has 9 rings (SSSR count). The Morgan fingerprint density at radius 2 is 0.723 bits per heavy atom. The average molecular weight is 603 g/mol. The van der Waals surface area contributed by atoms with Crippen molar-refractivity contribution in [1.82, 2.24) is 0 Å². The van der Waals surface area contributed by atoms with E-state index < -0.39 is 0 Å². The van der Waals surface area contributed by atoms with E-state index in [1.165, 1.54) is 49.4 Å². The van der Waals surface area contributed by atoms with Crippen LogP contribution in [0.1, 0.15) is 27.0 Å². The van der Waals surface area contributed by atoms with E-state index >= 15 is 0 Å². The third-order valence-corrected chi connectivity index (χ3v) is 9.17. The predicted molar refractivity (Wildman–Crippen MR) is 202 cm³/mol. The molecule has 224 valence electrons. The zero-order valence-corrected chi connectivity index (χ0v) is 26.3. The Bertz CT molecular complexity index is 2350. The lowest BCUT2D eigenvalue weighted by molar-refractivity contribution is 0.105. The molecule has 0 unspecified atom stereocenters. The van der Waals surface area contributed by atoms with Crippen molar-refractivity contribution in [1.29, 1.82) is 0 Å². The van der Waals surface area contributed by atoms with Crippen molar-refractivity contribution in [3.63, 3.8) is 0 Å². The molecule has 0 fully saturated rings. The highest BCUT2D eigenvalue weighted by Gasteiger charge is 2.24. The summed E-state index contributed by atoms with van der Waals surface area (Å²) in [5, 5.41) is 6.99. The second kappa shape index (κ2) is 12.4. The summed E-state index contributed by atoms with van der Waals surface area (Å²) in [5.74, 6) is 0.0364. The third-order valence-electron chi connectivity index (χ3n) is 9.17. The molecule has 0 amide bonds. The van der Waals surface area contributed by atoms with Gasteiger partial charge < -0.3 is 0 Å². The van der Waals surface area contributed by atoms with Crippen LogP contribution >= 0.6 is 0 Å². The smallest absolute Gasteiger partial charge is 0.193 e. The number of carbonyl (C=O) groups is 1. The molecule has 0 radical (unpaired) electrons. The molecule has 2 aliphatic rings. The number of ketones is 1. The van der Waals surface area contributed by atoms with Gasteiger partial charge in [-0.25, -0.2) is 0 Å². The summed E-state index contributed by atoms with van der Waals surface area (Å²) in [7, 11) is 0. The minimum Gasteiger partial charge on any atom is -0.289 e. The maximum absolute atomic E-state index is 12.1. The molecule has 0 spiro atoms. The standard InChI is InChI=1S/C16H12.C15H10O.C15H12/c1-11-12(2)14-8-4-6-10-16(14)15-9-5-3-7-13(11)15;1-10-11-6-2-3-7-12(11)13-8-4-5-9-14(13)15(10)16;1-11-10-12-6-2-3-8-14(12)15-9-5-4-7-13(11)15/h3-10H,1-2H2;2-9H,1H2;2-9H,1,10H2. The van der Waals surface area contributed by atoms with E-state index in [1.54, 1.807) is 0 Å². The highest BCUT2D eigenvalue weighted by atomic mass is 16.1. The van der Waals surface area contributed by atoms with E-state index in [9.17, 15) is 4.79 Å². The summed E-state index contributed by atoms with van der Waals surface area (Å²) in [6.07, 6.45) is 0.979. The van der Waals surface area contributed by atoms with E-state index in [0.717, 1.165) is 39.1 Å². The van der Waals surface area contributed by atoms with Gasteiger partial charge in [0.05, 0.1) is 0 Å². The zero-order valence-electron chi connectivity index (χ0n) is 26.3. The molecule has 1 heteroatoms. The Labute approximate surface area is 275 Å². The van der Waals surface area contributed by atoms with Crippen molar-refractivity contribution >= 4 is 51.6 Å². The first-order valence-electron chi connectivity index (χ1n) is 15.8.